The molecule has 0 spiro atoms. The van der Waals surface area contributed by atoms with Crippen molar-refractivity contribution in [3.63, 3.8) is 0 Å². The molecule has 8 nitrogen and oxygen atoms in total. The molecular weight excluding hydrogens is 508 g/mol. The van der Waals surface area contributed by atoms with Gasteiger partial charge in [-0.3, -0.25) is 4.79 Å². The average Bonchev–Trinajstić information content (AvgIpc) is 2.99. The van der Waals surface area contributed by atoms with Crippen molar-refractivity contribution in [3.8, 4) is 23.3 Å². The van der Waals surface area contributed by atoms with Crippen molar-refractivity contribution in [2.24, 2.45) is 5.16 Å². The Morgan fingerprint density at radius 2 is 1.57 bits per heavy atom. The summed E-state index contributed by atoms with van der Waals surface area (Å²) in [5.74, 6) is -0.221. The van der Waals surface area contributed by atoms with E-state index >= 15 is 0 Å². The second kappa shape index (κ2) is 19.5. The van der Waals surface area contributed by atoms with Crippen LogP contribution < -0.4 is 14.2 Å². The molecule has 0 fully saturated rings. The van der Waals surface area contributed by atoms with Gasteiger partial charge >= 0.3 is 5.97 Å². The number of nitrogens with zero attached hydrogens (tertiary/aromatic N) is 2. The zero-order valence-electron chi connectivity index (χ0n) is 24.2. The van der Waals surface area contributed by atoms with Crippen LogP contribution in [0.2, 0.25) is 0 Å². The summed E-state index contributed by atoms with van der Waals surface area (Å²) in [5.41, 5.74) is 3.04. The van der Waals surface area contributed by atoms with Gasteiger partial charge in [-0.25, -0.2) is 0 Å². The predicted molar refractivity (Wildman–Crippen MR) is 157 cm³/mol. The van der Waals surface area contributed by atoms with E-state index in [0.29, 0.717) is 35.1 Å². The number of hydrogen-bond donors (Lipinski definition) is 1. The minimum absolute atomic E-state index is 0.255. The highest BCUT2D eigenvalue weighted by atomic mass is 16.6. The molecule has 0 radical (unpaired) electrons. The number of methoxy groups -OCH3 is 1. The van der Waals surface area contributed by atoms with Gasteiger partial charge in [0.2, 0.25) is 0 Å². The molecule has 0 saturated carbocycles. The average molecular weight is 549 g/mol. The molecule has 0 amide bonds. The molecule has 0 aromatic heterocycles. The predicted octanol–water partition coefficient (Wildman–Crippen LogP) is 7.23. The first kappa shape index (κ1) is 33.5. The molecule has 0 aliphatic rings. The van der Waals surface area contributed by atoms with Gasteiger partial charge in [0.1, 0.15) is 43.3 Å². The molecule has 1 atom stereocenters. The number of benzene rings is 3. The van der Waals surface area contributed by atoms with Crippen molar-refractivity contribution in [2.45, 2.75) is 53.1 Å². The van der Waals surface area contributed by atoms with Gasteiger partial charge in [-0.05, 0) is 23.8 Å². The third-order valence-electron chi connectivity index (χ3n) is 5.13. The molecule has 0 saturated heterocycles. The molecule has 40 heavy (non-hydrogen) atoms. The lowest BCUT2D eigenvalue weighted by molar-refractivity contribution is -0.137. The maximum atomic E-state index is 11.0. The Bertz CT molecular complexity index is 1200. The molecule has 0 aliphatic heterocycles. The van der Waals surface area contributed by atoms with Crippen molar-refractivity contribution >= 4 is 11.7 Å². The first-order valence-electron chi connectivity index (χ1n) is 13.2. The number of aliphatic carboxylic acids is 1. The van der Waals surface area contributed by atoms with Crippen LogP contribution in [-0.2, 0) is 16.2 Å². The fourth-order valence-electron chi connectivity index (χ4n) is 3.37. The van der Waals surface area contributed by atoms with E-state index < -0.39 is 11.9 Å². The molecule has 1 unspecified atom stereocenters. The number of carboxylic acids is 1. The van der Waals surface area contributed by atoms with Gasteiger partial charge in [0.15, 0.2) is 0 Å². The van der Waals surface area contributed by atoms with Crippen LogP contribution in [0.3, 0.4) is 0 Å². The monoisotopic (exact) mass is 548 g/mol. The summed E-state index contributed by atoms with van der Waals surface area (Å²) in [6.45, 7) is 8.81. The summed E-state index contributed by atoms with van der Waals surface area (Å²) in [4.78, 5) is 16.0. The Balaban J connectivity index is 0.00000150. The standard InChI is InChI=1S/C27H26N2O6.C3H8.C2H6/c1-32-26-15-23(12-13-24(26)21(16-28)14-27(30)31)34-17-19-8-10-22(11-9-19)35-18-25(29-33-2)20-6-4-3-5-7-20;1-3-2;1-2/h3-13,15,21H,14,17-18H2,1-2H3,(H,30,31);3H2,1-2H3;1-2H3/b29-25+;;. The van der Waals surface area contributed by atoms with E-state index in [0.717, 1.165) is 11.1 Å². The van der Waals surface area contributed by atoms with Crippen molar-refractivity contribution in [1.29, 1.82) is 5.26 Å². The first-order valence-corrected chi connectivity index (χ1v) is 13.2. The number of nitriles is 1. The second-order valence-electron chi connectivity index (χ2n) is 8.20. The third kappa shape index (κ3) is 11.5. The van der Waals surface area contributed by atoms with Gasteiger partial charge in [-0.15, -0.1) is 0 Å². The Kier molecular flexibility index (Phi) is 16.4. The van der Waals surface area contributed by atoms with E-state index in [9.17, 15) is 10.1 Å². The topological polar surface area (TPSA) is 110 Å². The van der Waals surface area contributed by atoms with Crippen molar-refractivity contribution in [3.05, 3.63) is 89.5 Å². The number of carboxylic acid groups (broad SMARTS) is 1. The molecule has 0 heterocycles. The molecule has 8 heteroatoms. The highest BCUT2D eigenvalue weighted by Gasteiger charge is 2.19. The Hall–Kier alpha value is -4.51. The van der Waals surface area contributed by atoms with Crippen molar-refractivity contribution in [2.75, 3.05) is 20.8 Å². The number of hydrogen-bond acceptors (Lipinski definition) is 7. The lowest BCUT2D eigenvalue weighted by Gasteiger charge is -2.14. The molecule has 3 rings (SSSR count). The smallest absolute Gasteiger partial charge is 0.305 e. The van der Waals surface area contributed by atoms with Gasteiger partial charge in [0.05, 0.1) is 25.5 Å². The fraction of sp³-hybridized carbons (Fsp3) is 0.344. The SMILES string of the molecule is CC.CCC.CO/N=C(\COc1ccc(COc2ccc(C(C#N)CC(=O)O)c(OC)c2)cc1)c1ccccc1. The number of rotatable bonds is 12. The summed E-state index contributed by atoms with van der Waals surface area (Å²) in [7, 11) is 2.97. The molecule has 0 aliphatic carbocycles. The zero-order valence-corrected chi connectivity index (χ0v) is 24.2. The summed E-state index contributed by atoms with van der Waals surface area (Å²) >= 11 is 0. The van der Waals surface area contributed by atoms with Gasteiger partial charge in [-0.1, -0.05) is 87.8 Å². The quantitative estimate of drug-likeness (QED) is 0.188. The first-order chi connectivity index (χ1) is 19.4. The van der Waals surface area contributed by atoms with Crippen LogP contribution in [0.5, 0.6) is 17.2 Å². The summed E-state index contributed by atoms with van der Waals surface area (Å²) in [6, 6.07) is 24.2. The van der Waals surface area contributed by atoms with Gasteiger partial charge in [-0.2, -0.15) is 5.26 Å². The summed E-state index contributed by atoms with van der Waals surface area (Å²) in [6.07, 6.45) is 0.950. The maximum absolute atomic E-state index is 11.0. The minimum Gasteiger partial charge on any atom is -0.496 e. The number of ether oxygens (including phenoxy) is 3. The van der Waals surface area contributed by atoms with Gasteiger partial charge in [0.25, 0.3) is 0 Å². The van der Waals surface area contributed by atoms with Crippen LogP contribution >= 0.6 is 0 Å². The van der Waals surface area contributed by atoms with Crippen LogP contribution in [0.1, 0.15) is 63.1 Å². The largest absolute Gasteiger partial charge is 0.496 e. The van der Waals surface area contributed by atoms with E-state index in [1.807, 2.05) is 74.5 Å². The Morgan fingerprint density at radius 1 is 0.950 bits per heavy atom. The molecule has 0 bridgehead atoms. The maximum Gasteiger partial charge on any atom is 0.305 e. The number of oxime groups is 1. The van der Waals surface area contributed by atoms with Crippen LogP contribution in [-0.4, -0.2) is 37.6 Å². The van der Waals surface area contributed by atoms with E-state index in [-0.39, 0.29) is 13.0 Å². The second-order valence-corrected chi connectivity index (χ2v) is 8.20. The van der Waals surface area contributed by atoms with E-state index in [1.54, 1.807) is 18.2 Å². The van der Waals surface area contributed by atoms with Crippen molar-refractivity contribution in [1.82, 2.24) is 0 Å². The normalized spacial score (nSPS) is 10.9. The van der Waals surface area contributed by atoms with E-state index in [4.69, 9.17) is 24.2 Å². The van der Waals surface area contributed by atoms with E-state index in [1.165, 1.54) is 20.6 Å². The molecule has 3 aromatic carbocycles. The Morgan fingerprint density at radius 3 is 2.12 bits per heavy atom. The fourth-order valence-corrected chi connectivity index (χ4v) is 3.37. The molecular formula is C32H40N2O6. The highest BCUT2D eigenvalue weighted by Crippen LogP contribution is 2.32. The molecule has 214 valence electrons. The molecule has 1 N–H and O–H groups in total. The molecule has 3 aromatic rings. The third-order valence-corrected chi connectivity index (χ3v) is 5.13. The summed E-state index contributed by atoms with van der Waals surface area (Å²) < 4.78 is 17.1. The highest BCUT2D eigenvalue weighted by molar-refractivity contribution is 6.01. The van der Waals surface area contributed by atoms with Crippen LogP contribution in [0.4, 0.5) is 0 Å². The summed E-state index contributed by atoms with van der Waals surface area (Å²) in [5, 5.41) is 22.4. The lowest BCUT2D eigenvalue weighted by atomic mass is 9.96. The van der Waals surface area contributed by atoms with Gasteiger partial charge in [0, 0.05) is 17.2 Å². The van der Waals surface area contributed by atoms with Crippen LogP contribution in [0.25, 0.3) is 0 Å². The minimum atomic E-state index is -1.05. The lowest BCUT2D eigenvalue weighted by Crippen LogP contribution is -2.13. The van der Waals surface area contributed by atoms with Gasteiger partial charge < -0.3 is 24.2 Å². The number of carbonyl (C=O) groups is 1. The zero-order chi connectivity index (χ0) is 29.8. The van der Waals surface area contributed by atoms with E-state index in [2.05, 4.69) is 19.0 Å². The van der Waals surface area contributed by atoms with Crippen LogP contribution in [0.15, 0.2) is 78.0 Å². The van der Waals surface area contributed by atoms with Crippen LogP contribution in [0, 0.1) is 11.3 Å². The Labute approximate surface area is 237 Å². The van der Waals surface area contributed by atoms with Crippen molar-refractivity contribution < 1.29 is 28.9 Å².